The Morgan fingerprint density at radius 2 is 1.68 bits per heavy atom. The minimum Gasteiger partial charge on any atom is -0.480 e. The number of aliphatic carboxylic acids is 1. The molecular weight excluding hydrogens is 440 g/mol. The van der Waals surface area contributed by atoms with Crippen molar-refractivity contribution in [1.29, 1.82) is 0 Å². The number of benzene rings is 2. The maximum Gasteiger partial charge on any atom is 0.407 e. The van der Waals surface area contributed by atoms with E-state index in [4.69, 9.17) is 19.7 Å². The first-order chi connectivity index (χ1) is 16.4. The molecule has 3 N–H and O–H groups in total. The number of aliphatic hydroxyl groups excluding tert-OH is 1. The molecule has 0 aliphatic heterocycles. The van der Waals surface area contributed by atoms with Gasteiger partial charge >= 0.3 is 12.1 Å². The van der Waals surface area contributed by atoms with Crippen LogP contribution in [0.25, 0.3) is 11.1 Å². The molecule has 0 saturated carbocycles. The number of aliphatic hydroxyl groups is 1. The lowest BCUT2D eigenvalue weighted by atomic mass is 9.98. The zero-order valence-corrected chi connectivity index (χ0v) is 19.1. The molecule has 0 heterocycles. The van der Waals surface area contributed by atoms with Crippen LogP contribution in [0.5, 0.6) is 0 Å². The average Bonchev–Trinajstić information content (AvgIpc) is 3.14. The lowest BCUT2D eigenvalue weighted by Crippen LogP contribution is -2.42. The van der Waals surface area contributed by atoms with Gasteiger partial charge in [-0.25, -0.2) is 4.79 Å². The van der Waals surface area contributed by atoms with E-state index in [1.165, 1.54) is 0 Å². The van der Waals surface area contributed by atoms with Crippen LogP contribution in [0.1, 0.15) is 30.4 Å². The first-order valence-corrected chi connectivity index (χ1v) is 11.3. The van der Waals surface area contributed by atoms with Crippen LogP contribution in [0.3, 0.4) is 0 Å². The highest BCUT2D eigenvalue weighted by Gasteiger charge is 2.29. The molecule has 2 aromatic carbocycles. The van der Waals surface area contributed by atoms with Crippen LogP contribution in [0, 0.1) is 0 Å². The van der Waals surface area contributed by atoms with Crippen LogP contribution in [0.2, 0.25) is 0 Å². The third kappa shape index (κ3) is 6.33. The van der Waals surface area contributed by atoms with Gasteiger partial charge < -0.3 is 29.9 Å². The molecule has 2 aromatic rings. The number of carbonyl (C=O) groups excluding carboxylic acids is 2. The lowest BCUT2D eigenvalue weighted by Gasteiger charge is -2.23. The number of fused-ring (bicyclic) bond motifs is 3. The Hall–Kier alpha value is -3.43. The maximum atomic E-state index is 12.5. The van der Waals surface area contributed by atoms with Crippen molar-refractivity contribution in [1.82, 2.24) is 10.2 Å². The van der Waals surface area contributed by atoms with Gasteiger partial charge in [-0.05, 0) is 29.2 Å². The quantitative estimate of drug-likeness (QED) is 0.434. The first kappa shape index (κ1) is 25.2. The standard InChI is InChI=1S/C25H30N2O7/c1-2-33-17(13-23(29)27(11-12-28)15-24(30)31)14-26-25(32)34-16-22-20-9-5-3-7-18(20)19-8-4-6-10-21(19)22/h3-10,17,22,28H,2,11-16H2,1H3,(H,26,32)(H,30,31). The summed E-state index contributed by atoms with van der Waals surface area (Å²) in [6, 6.07) is 16.1. The summed E-state index contributed by atoms with van der Waals surface area (Å²) in [5.41, 5.74) is 4.49. The van der Waals surface area contributed by atoms with Crippen molar-refractivity contribution in [3.05, 3.63) is 59.7 Å². The molecule has 3 rings (SSSR count). The Morgan fingerprint density at radius 3 is 2.24 bits per heavy atom. The lowest BCUT2D eigenvalue weighted by molar-refractivity contribution is -0.146. The number of carbonyl (C=O) groups is 3. The van der Waals surface area contributed by atoms with Crippen molar-refractivity contribution in [3.63, 3.8) is 0 Å². The topological polar surface area (TPSA) is 125 Å². The predicted octanol–water partition coefficient (Wildman–Crippen LogP) is 2.23. The normalized spacial score (nSPS) is 13.0. The van der Waals surface area contributed by atoms with E-state index >= 15 is 0 Å². The molecule has 1 aliphatic rings. The number of carboxylic acid groups (broad SMARTS) is 1. The number of carboxylic acids is 1. The zero-order chi connectivity index (χ0) is 24.5. The van der Waals surface area contributed by atoms with Gasteiger partial charge in [0.2, 0.25) is 5.91 Å². The summed E-state index contributed by atoms with van der Waals surface area (Å²) in [6.07, 6.45) is -1.42. The smallest absolute Gasteiger partial charge is 0.407 e. The van der Waals surface area contributed by atoms with Gasteiger partial charge in [0.15, 0.2) is 0 Å². The SMILES string of the molecule is CCOC(CNC(=O)OCC1c2ccccc2-c2ccccc21)CC(=O)N(CCO)CC(=O)O. The van der Waals surface area contributed by atoms with Crippen molar-refractivity contribution in [3.8, 4) is 11.1 Å². The Bertz CT molecular complexity index is 965. The Balaban J connectivity index is 1.55. The minimum atomic E-state index is -1.17. The summed E-state index contributed by atoms with van der Waals surface area (Å²) >= 11 is 0. The molecule has 0 fully saturated rings. The van der Waals surface area contributed by atoms with Crippen molar-refractivity contribution in [2.75, 3.05) is 39.5 Å². The van der Waals surface area contributed by atoms with Gasteiger partial charge in [0.05, 0.1) is 19.1 Å². The minimum absolute atomic E-state index is 0.0241. The fourth-order valence-corrected chi connectivity index (χ4v) is 4.17. The van der Waals surface area contributed by atoms with Gasteiger partial charge in [-0.2, -0.15) is 0 Å². The molecule has 9 heteroatoms. The van der Waals surface area contributed by atoms with E-state index < -0.39 is 30.6 Å². The number of amides is 2. The Morgan fingerprint density at radius 1 is 1.06 bits per heavy atom. The molecule has 0 aromatic heterocycles. The molecule has 1 unspecified atom stereocenters. The number of hydrogen-bond donors (Lipinski definition) is 3. The molecule has 9 nitrogen and oxygen atoms in total. The average molecular weight is 471 g/mol. The van der Waals surface area contributed by atoms with Crippen molar-refractivity contribution in [2.45, 2.75) is 25.4 Å². The third-order valence-electron chi connectivity index (χ3n) is 5.67. The largest absolute Gasteiger partial charge is 0.480 e. The Kier molecular flexibility index (Phi) is 9.00. The van der Waals surface area contributed by atoms with Crippen LogP contribution in [0.15, 0.2) is 48.5 Å². The van der Waals surface area contributed by atoms with E-state index in [0.717, 1.165) is 27.2 Å². The molecule has 0 radical (unpaired) electrons. The third-order valence-corrected chi connectivity index (χ3v) is 5.67. The van der Waals surface area contributed by atoms with Crippen molar-refractivity contribution >= 4 is 18.0 Å². The highest BCUT2D eigenvalue weighted by atomic mass is 16.5. The van der Waals surface area contributed by atoms with Crippen LogP contribution in [-0.4, -0.2) is 78.6 Å². The second-order valence-corrected chi connectivity index (χ2v) is 7.92. The van der Waals surface area contributed by atoms with Crippen molar-refractivity contribution in [2.24, 2.45) is 0 Å². The fraction of sp³-hybridized carbons (Fsp3) is 0.400. The zero-order valence-electron chi connectivity index (χ0n) is 19.1. The van der Waals surface area contributed by atoms with E-state index in [2.05, 4.69) is 17.4 Å². The molecular formula is C25H30N2O7. The number of nitrogens with one attached hydrogen (secondary N) is 1. The highest BCUT2D eigenvalue weighted by molar-refractivity contribution is 5.82. The number of rotatable bonds is 12. The van der Waals surface area contributed by atoms with Crippen LogP contribution in [-0.2, 0) is 19.1 Å². The Labute approximate surface area is 198 Å². The molecule has 0 saturated heterocycles. The summed E-state index contributed by atoms with van der Waals surface area (Å²) in [4.78, 5) is 36.9. The molecule has 34 heavy (non-hydrogen) atoms. The van der Waals surface area contributed by atoms with Gasteiger partial charge in [-0.3, -0.25) is 9.59 Å². The molecule has 0 spiro atoms. The number of alkyl carbamates (subject to hydrolysis) is 1. The number of hydrogen-bond acceptors (Lipinski definition) is 6. The van der Waals surface area contributed by atoms with Crippen LogP contribution in [0.4, 0.5) is 4.79 Å². The monoisotopic (exact) mass is 470 g/mol. The second kappa shape index (κ2) is 12.2. The van der Waals surface area contributed by atoms with Crippen LogP contribution >= 0.6 is 0 Å². The number of ether oxygens (including phenoxy) is 2. The fourth-order valence-electron chi connectivity index (χ4n) is 4.17. The first-order valence-electron chi connectivity index (χ1n) is 11.3. The van der Waals surface area contributed by atoms with Gasteiger partial charge in [-0.15, -0.1) is 0 Å². The van der Waals surface area contributed by atoms with Crippen molar-refractivity contribution < 1.29 is 34.1 Å². The summed E-state index contributed by atoms with van der Waals surface area (Å²) in [7, 11) is 0. The molecule has 0 bridgehead atoms. The van der Waals surface area contributed by atoms with Crippen LogP contribution < -0.4 is 5.32 Å². The van der Waals surface area contributed by atoms with Gasteiger partial charge in [0, 0.05) is 25.6 Å². The van der Waals surface area contributed by atoms with Gasteiger partial charge in [0.25, 0.3) is 0 Å². The molecule has 1 atom stereocenters. The summed E-state index contributed by atoms with van der Waals surface area (Å²) in [6.45, 7) is 1.30. The predicted molar refractivity (Wildman–Crippen MR) is 124 cm³/mol. The summed E-state index contributed by atoms with van der Waals surface area (Å²) < 4.78 is 11.0. The van der Waals surface area contributed by atoms with Gasteiger partial charge in [0.1, 0.15) is 13.2 Å². The van der Waals surface area contributed by atoms with Gasteiger partial charge in [-0.1, -0.05) is 48.5 Å². The van der Waals surface area contributed by atoms with E-state index in [1.54, 1.807) is 6.92 Å². The highest BCUT2D eigenvalue weighted by Crippen LogP contribution is 2.44. The summed E-state index contributed by atoms with van der Waals surface area (Å²) in [5, 5.41) is 20.7. The van der Waals surface area contributed by atoms with E-state index in [-0.39, 0.29) is 38.6 Å². The molecule has 2 amide bonds. The van der Waals surface area contributed by atoms with E-state index in [0.29, 0.717) is 6.61 Å². The molecule has 1 aliphatic carbocycles. The van der Waals surface area contributed by atoms with E-state index in [9.17, 15) is 14.4 Å². The summed E-state index contributed by atoms with van der Waals surface area (Å²) in [5.74, 6) is -1.72. The molecule has 182 valence electrons. The maximum absolute atomic E-state index is 12.5. The second-order valence-electron chi connectivity index (χ2n) is 7.92. The van der Waals surface area contributed by atoms with E-state index in [1.807, 2.05) is 36.4 Å². The number of nitrogens with zero attached hydrogens (tertiary/aromatic N) is 1.